The Morgan fingerprint density at radius 2 is 1.64 bits per heavy atom. The van der Waals surface area contributed by atoms with Gasteiger partial charge >= 0.3 is 11.9 Å². The lowest BCUT2D eigenvalue weighted by Gasteiger charge is -2.73. The lowest BCUT2D eigenvalue weighted by Crippen LogP contribution is -2.80. The zero-order chi connectivity index (χ0) is 30.6. The second-order valence-electron chi connectivity index (χ2n) is 13.8. The number of furan rings is 1. The van der Waals surface area contributed by atoms with Gasteiger partial charge in [0.25, 0.3) is 0 Å². The zero-order valence-corrected chi connectivity index (χ0v) is 24.8. The first-order valence-corrected chi connectivity index (χ1v) is 14.6. The summed E-state index contributed by atoms with van der Waals surface area (Å²) in [7, 11) is 1.48. The van der Waals surface area contributed by atoms with Crippen LogP contribution in [-0.2, 0) is 38.1 Å². The summed E-state index contributed by atoms with van der Waals surface area (Å²) in [5.41, 5.74) is -4.13. The van der Waals surface area contributed by atoms with E-state index in [9.17, 15) is 24.6 Å². The first kappa shape index (κ1) is 29.5. The highest BCUT2D eigenvalue weighted by molar-refractivity contribution is 5.97. The minimum absolute atomic E-state index is 0.0114. The summed E-state index contributed by atoms with van der Waals surface area (Å²) < 4.78 is 28.9. The van der Waals surface area contributed by atoms with Gasteiger partial charge in [0.05, 0.1) is 36.8 Å². The van der Waals surface area contributed by atoms with Gasteiger partial charge in [-0.15, -0.1) is 0 Å². The molecule has 13 unspecified atom stereocenters. The lowest BCUT2D eigenvalue weighted by molar-refractivity contribution is -0.375. The van der Waals surface area contributed by atoms with Crippen molar-refractivity contribution in [1.29, 1.82) is 0 Å². The number of hydrogen-bond acceptors (Lipinski definition) is 11. The van der Waals surface area contributed by atoms with E-state index in [-0.39, 0.29) is 31.7 Å². The lowest BCUT2D eigenvalue weighted by atomic mass is 9.33. The molecule has 4 aliphatic carbocycles. The average Bonchev–Trinajstić information content (AvgIpc) is 3.53. The summed E-state index contributed by atoms with van der Waals surface area (Å²) in [6.07, 6.45) is -2.11. The largest absolute Gasteiger partial charge is 0.472 e. The highest BCUT2D eigenvalue weighted by atomic mass is 16.7. The molecule has 2 bridgehead atoms. The second-order valence-corrected chi connectivity index (χ2v) is 13.8. The molecular formula is C31H40O11. The molecule has 5 aliphatic rings. The molecule has 4 saturated carbocycles. The van der Waals surface area contributed by atoms with E-state index in [2.05, 4.69) is 0 Å². The number of aliphatic hydroxyl groups is 2. The Labute approximate surface area is 244 Å². The molecule has 11 nitrogen and oxygen atoms in total. The summed E-state index contributed by atoms with van der Waals surface area (Å²) in [6, 6.07) is 1.74. The summed E-state index contributed by atoms with van der Waals surface area (Å²) in [5.74, 6) is -4.90. The molecule has 1 aromatic heterocycles. The van der Waals surface area contributed by atoms with Crippen molar-refractivity contribution in [3.8, 4) is 0 Å². The third kappa shape index (κ3) is 3.42. The van der Waals surface area contributed by atoms with Crippen molar-refractivity contribution >= 4 is 23.5 Å². The van der Waals surface area contributed by atoms with E-state index >= 15 is 4.79 Å². The van der Waals surface area contributed by atoms with Crippen LogP contribution in [0.1, 0.15) is 65.4 Å². The van der Waals surface area contributed by atoms with Crippen LogP contribution in [0.5, 0.6) is 0 Å². The summed E-state index contributed by atoms with van der Waals surface area (Å²) in [5, 5.41) is 24.2. The number of ketones is 2. The summed E-state index contributed by atoms with van der Waals surface area (Å²) in [6.45, 7) is 7.81. The maximum atomic E-state index is 15.0. The molecule has 230 valence electrons. The predicted octanol–water partition coefficient (Wildman–Crippen LogP) is 2.17. The smallest absolute Gasteiger partial charge is 0.303 e. The van der Waals surface area contributed by atoms with Gasteiger partial charge in [-0.1, -0.05) is 20.8 Å². The standard InChI is InChI=1S/C31H40O11/c1-14(32)41-22-11-21(36)31-13-40-27(38-6)29(22,4)19(31)10-20(35)30(5)24-18(34)9-17(16-7-8-39-12-16)28(24,3)26(42-15(2)33)23(37)25(30)31/h7-8,12,17,19-22,24-27,35-36H,9-11,13H2,1-6H3. The molecule has 11 heteroatoms. The number of fused-ring (bicyclic) bond motifs is 3. The molecule has 2 N–H and O–H groups in total. The molecule has 1 aliphatic heterocycles. The Bertz CT molecular complexity index is 1310. The Morgan fingerprint density at radius 1 is 0.952 bits per heavy atom. The Morgan fingerprint density at radius 3 is 2.24 bits per heavy atom. The molecule has 5 fully saturated rings. The van der Waals surface area contributed by atoms with Gasteiger partial charge in [-0.3, -0.25) is 19.2 Å². The van der Waals surface area contributed by atoms with Gasteiger partial charge in [0.2, 0.25) is 0 Å². The van der Waals surface area contributed by atoms with Crippen molar-refractivity contribution in [3.63, 3.8) is 0 Å². The number of ether oxygens (including phenoxy) is 4. The number of Topliss-reactive ketones (excluding diaryl/α,β-unsaturated/α-hetero) is 2. The molecular weight excluding hydrogens is 548 g/mol. The fourth-order valence-corrected chi connectivity index (χ4v) is 10.6. The highest BCUT2D eigenvalue weighted by Crippen LogP contribution is 2.75. The molecule has 1 saturated heterocycles. The Kier molecular flexibility index (Phi) is 6.63. The van der Waals surface area contributed by atoms with Gasteiger partial charge in [0, 0.05) is 67.8 Å². The van der Waals surface area contributed by atoms with E-state index in [0.717, 1.165) is 0 Å². The summed E-state index contributed by atoms with van der Waals surface area (Å²) >= 11 is 0. The van der Waals surface area contributed by atoms with Crippen LogP contribution < -0.4 is 0 Å². The van der Waals surface area contributed by atoms with Crippen molar-refractivity contribution in [2.75, 3.05) is 13.7 Å². The molecule has 6 rings (SSSR count). The van der Waals surface area contributed by atoms with Crippen LogP contribution in [-0.4, -0.2) is 78.1 Å². The minimum atomic E-state index is -1.33. The van der Waals surface area contributed by atoms with Crippen LogP contribution in [0.3, 0.4) is 0 Å². The Hall–Kier alpha value is -2.60. The van der Waals surface area contributed by atoms with Gasteiger partial charge in [-0.25, -0.2) is 0 Å². The topological polar surface area (TPSA) is 159 Å². The number of aliphatic hydroxyl groups excluding tert-OH is 2. The van der Waals surface area contributed by atoms with Crippen LogP contribution >= 0.6 is 0 Å². The van der Waals surface area contributed by atoms with Crippen LogP contribution in [0.2, 0.25) is 0 Å². The van der Waals surface area contributed by atoms with E-state index in [4.69, 9.17) is 23.4 Å². The third-order valence-electron chi connectivity index (χ3n) is 12.1. The second kappa shape index (κ2) is 9.45. The zero-order valence-electron chi connectivity index (χ0n) is 24.8. The monoisotopic (exact) mass is 588 g/mol. The van der Waals surface area contributed by atoms with Crippen LogP contribution in [0, 0.1) is 39.4 Å². The van der Waals surface area contributed by atoms with E-state index in [0.29, 0.717) is 5.56 Å². The number of rotatable bonds is 4. The Balaban J connectivity index is 1.57. The summed E-state index contributed by atoms with van der Waals surface area (Å²) in [4.78, 5) is 53.9. The van der Waals surface area contributed by atoms with Crippen molar-refractivity contribution < 1.29 is 52.8 Å². The molecule has 2 heterocycles. The number of carbonyl (C=O) groups excluding carboxylic acids is 4. The molecule has 0 radical (unpaired) electrons. The van der Waals surface area contributed by atoms with Gasteiger partial charge in [-0.05, 0) is 24.0 Å². The van der Waals surface area contributed by atoms with Crippen LogP contribution in [0.4, 0.5) is 0 Å². The maximum absolute atomic E-state index is 15.0. The number of hydrogen-bond donors (Lipinski definition) is 2. The first-order valence-electron chi connectivity index (χ1n) is 14.6. The van der Waals surface area contributed by atoms with E-state index in [1.165, 1.54) is 33.5 Å². The maximum Gasteiger partial charge on any atom is 0.303 e. The van der Waals surface area contributed by atoms with Crippen molar-refractivity contribution in [2.45, 2.75) is 90.5 Å². The number of esters is 2. The van der Waals surface area contributed by atoms with Gasteiger partial charge < -0.3 is 33.6 Å². The molecule has 0 aromatic carbocycles. The third-order valence-corrected chi connectivity index (χ3v) is 12.1. The van der Waals surface area contributed by atoms with E-state index in [1.807, 2.05) is 6.92 Å². The van der Waals surface area contributed by atoms with Crippen molar-refractivity contribution in [2.24, 2.45) is 39.4 Å². The van der Waals surface area contributed by atoms with E-state index in [1.54, 1.807) is 19.9 Å². The SMILES string of the molecule is COC1OCC23C(O)CC(OC(C)=O)C1(C)C2CC(O)C1(C)C2C(=O)CC(c4ccoc4)C2(C)C(OC(C)=O)C(=O)C13. The van der Waals surface area contributed by atoms with E-state index < -0.39 is 93.8 Å². The van der Waals surface area contributed by atoms with Crippen LogP contribution in [0.25, 0.3) is 0 Å². The molecule has 42 heavy (non-hydrogen) atoms. The molecule has 13 atom stereocenters. The first-order chi connectivity index (χ1) is 19.7. The average molecular weight is 589 g/mol. The minimum Gasteiger partial charge on any atom is -0.472 e. The predicted molar refractivity (Wildman–Crippen MR) is 142 cm³/mol. The fourth-order valence-electron chi connectivity index (χ4n) is 10.6. The number of carbonyl (C=O) groups is 4. The van der Waals surface area contributed by atoms with Crippen LogP contribution in [0.15, 0.2) is 23.0 Å². The highest BCUT2D eigenvalue weighted by Gasteiger charge is 2.82. The number of methoxy groups -OCH3 is 1. The van der Waals surface area contributed by atoms with Crippen molar-refractivity contribution in [3.05, 3.63) is 24.2 Å². The van der Waals surface area contributed by atoms with Gasteiger partial charge in [-0.2, -0.15) is 0 Å². The molecule has 0 spiro atoms. The molecule has 1 aromatic rings. The molecule has 0 amide bonds. The fraction of sp³-hybridized carbons (Fsp3) is 0.742. The normalized spacial score (nSPS) is 49.5. The quantitative estimate of drug-likeness (QED) is 0.497. The van der Waals surface area contributed by atoms with Crippen molar-refractivity contribution in [1.82, 2.24) is 0 Å². The van der Waals surface area contributed by atoms with Gasteiger partial charge in [0.15, 0.2) is 18.2 Å². The van der Waals surface area contributed by atoms with Gasteiger partial charge in [0.1, 0.15) is 11.9 Å².